The first kappa shape index (κ1) is 19.6. The standard InChI is InChI=1S/C22H22N6O3S/c1-13-2-4-17-15(8-13)16-10-23-7-6-18(16)27(17)21(29)11-32-22-24-25-26-28(22)14-3-5-19-20(9-14)31-12-30-19/h2-5,8-9,16,18,23H,6-7,10-12H2,1H3. The molecule has 1 N–H and O–H groups in total. The minimum atomic E-state index is 0.0785. The zero-order chi connectivity index (χ0) is 21.7. The summed E-state index contributed by atoms with van der Waals surface area (Å²) in [4.78, 5) is 15.4. The number of benzene rings is 2. The van der Waals surface area contributed by atoms with Crippen LogP contribution in [0.2, 0.25) is 0 Å². The fourth-order valence-electron chi connectivity index (χ4n) is 4.80. The SMILES string of the molecule is Cc1ccc2c(c1)C1CNCCC1N2C(=O)CSc1nnnn1-c1ccc2c(c1)OCO2. The van der Waals surface area contributed by atoms with Crippen molar-refractivity contribution in [2.75, 3.05) is 30.5 Å². The number of amides is 1. The predicted molar refractivity (Wildman–Crippen MR) is 119 cm³/mol. The number of nitrogens with zero attached hydrogens (tertiary/aromatic N) is 5. The molecule has 0 bridgehead atoms. The van der Waals surface area contributed by atoms with Crippen molar-refractivity contribution in [1.29, 1.82) is 0 Å². The molecule has 0 radical (unpaired) electrons. The number of rotatable bonds is 4. The zero-order valence-corrected chi connectivity index (χ0v) is 18.3. The van der Waals surface area contributed by atoms with Gasteiger partial charge < -0.3 is 19.7 Å². The highest BCUT2D eigenvalue weighted by atomic mass is 32.2. The first-order valence-corrected chi connectivity index (χ1v) is 11.6. The summed E-state index contributed by atoms with van der Waals surface area (Å²) in [6.45, 7) is 4.13. The second-order valence-electron chi connectivity index (χ2n) is 8.19. The number of hydrogen-bond donors (Lipinski definition) is 1. The number of carbonyl (C=O) groups is 1. The van der Waals surface area contributed by atoms with E-state index in [9.17, 15) is 4.79 Å². The fraction of sp³-hybridized carbons (Fsp3) is 0.364. The van der Waals surface area contributed by atoms with Crippen LogP contribution in [-0.2, 0) is 4.79 Å². The maximum atomic E-state index is 13.4. The van der Waals surface area contributed by atoms with Gasteiger partial charge in [0.05, 0.1) is 11.4 Å². The molecule has 164 valence electrons. The summed E-state index contributed by atoms with van der Waals surface area (Å²) in [5, 5.41) is 16.1. The van der Waals surface area contributed by atoms with Crippen LogP contribution in [0.25, 0.3) is 5.69 Å². The number of tetrazole rings is 1. The van der Waals surface area contributed by atoms with Crippen LogP contribution >= 0.6 is 11.8 Å². The van der Waals surface area contributed by atoms with Crippen molar-refractivity contribution in [2.45, 2.75) is 30.5 Å². The van der Waals surface area contributed by atoms with Gasteiger partial charge in [-0.1, -0.05) is 29.5 Å². The Balaban J connectivity index is 1.23. The molecular formula is C22H22N6O3S. The molecule has 3 aromatic rings. The number of fused-ring (bicyclic) bond motifs is 4. The van der Waals surface area contributed by atoms with Crippen LogP contribution in [0.5, 0.6) is 11.5 Å². The Morgan fingerprint density at radius 3 is 3.06 bits per heavy atom. The van der Waals surface area contributed by atoms with E-state index in [-0.39, 0.29) is 24.5 Å². The van der Waals surface area contributed by atoms with Gasteiger partial charge in [0, 0.05) is 30.3 Å². The first-order valence-electron chi connectivity index (χ1n) is 10.6. The van der Waals surface area contributed by atoms with Crippen molar-refractivity contribution in [2.24, 2.45) is 0 Å². The predicted octanol–water partition coefficient (Wildman–Crippen LogP) is 2.28. The van der Waals surface area contributed by atoms with Crippen LogP contribution in [0.1, 0.15) is 23.5 Å². The smallest absolute Gasteiger partial charge is 0.237 e. The highest BCUT2D eigenvalue weighted by Crippen LogP contribution is 2.44. The summed E-state index contributed by atoms with van der Waals surface area (Å²) in [5.41, 5.74) is 4.29. The van der Waals surface area contributed by atoms with Gasteiger partial charge >= 0.3 is 0 Å². The van der Waals surface area contributed by atoms with E-state index in [0.29, 0.717) is 22.6 Å². The fourth-order valence-corrected chi connectivity index (χ4v) is 5.55. The van der Waals surface area contributed by atoms with Gasteiger partial charge in [0.15, 0.2) is 11.5 Å². The normalized spacial score (nSPS) is 20.8. The zero-order valence-electron chi connectivity index (χ0n) is 17.5. The number of aromatic nitrogens is 4. The van der Waals surface area contributed by atoms with Gasteiger partial charge in [0.25, 0.3) is 0 Å². The Morgan fingerprint density at radius 1 is 1.22 bits per heavy atom. The van der Waals surface area contributed by atoms with E-state index < -0.39 is 0 Å². The lowest BCUT2D eigenvalue weighted by molar-refractivity contribution is -0.116. The average molecular weight is 451 g/mol. The number of anilines is 1. The van der Waals surface area contributed by atoms with Crippen molar-refractivity contribution in [1.82, 2.24) is 25.5 Å². The number of ether oxygens (including phenoxy) is 2. The number of carbonyl (C=O) groups excluding carboxylic acids is 1. The third-order valence-electron chi connectivity index (χ3n) is 6.25. The van der Waals surface area contributed by atoms with Crippen molar-refractivity contribution < 1.29 is 14.3 Å². The number of nitrogens with one attached hydrogen (secondary N) is 1. The minimum absolute atomic E-state index is 0.0785. The van der Waals surface area contributed by atoms with Crippen LogP contribution in [0.3, 0.4) is 0 Å². The van der Waals surface area contributed by atoms with Crippen LogP contribution in [0.4, 0.5) is 5.69 Å². The van der Waals surface area contributed by atoms with Gasteiger partial charge in [-0.25, -0.2) is 0 Å². The lowest BCUT2D eigenvalue weighted by Gasteiger charge is -2.32. The Kier molecular flexibility index (Phi) is 4.76. The molecule has 3 aliphatic rings. The maximum absolute atomic E-state index is 13.4. The topological polar surface area (TPSA) is 94.4 Å². The van der Waals surface area contributed by atoms with Crippen molar-refractivity contribution in [3.63, 3.8) is 0 Å². The summed E-state index contributed by atoms with van der Waals surface area (Å²) in [7, 11) is 0. The third-order valence-corrected chi connectivity index (χ3v) is 7.16. The molecule has 9 nitrogen and oxygen atoms in total. The second-order valence-corrected chi connectivity index (χ2v) is 9.13. The van der Waals surface area contributed by atoms with E-state index >= 15 is 0 Å². The van der Waals surface area contributed by atoms with Gasteiger partial charge in [-0.15, -0.1) is 5.10 Å². The Labute approximate surface area is 189 Å². The number of hydrogen-bond acceptors (Lipinski definition) is 8. The molecule has 4 heterocycles. The molecule has 1 fully saturated rings. The van der Waals surface area contributed by atoms with Crippen LogP contribution in [0, 0.1) is 6.92 Å². The molecule has 2 unspecified atom stereocenters. The van der Waals surface area contributed by atoms with Crippen molar-refractivity contribution in [3.8, 4) is 17.2 Å². The molecule has 0 saturated carbocycles. The summed E-state index contributed by atoms with van der Waals surface area (Å²) < 4.78 is 12.5. The van der Waals surface area contributed by atoms with Crippen molar-refractivity contribution in [3.05, 3.63) is 47.5 Å². The monoisotopic (exact) mass is 450 g/mol. The Bertz CT molecular complexity index is 1200. The molecule has 1 aromatic heterocycles. The van der Waals surface area contributed by atoms with Crippen LogP contribution in [-0.4, -0.2) is 57.8 Å². The summed E-state index contributed by atoms with van der Waals surface area (Å²) in [6, 6.07) is 12.1. The average Bonchev–Trinajstić information content (AvgIpc) is 3.54. The Morgan fingerprint density at radius 2 is 2.12 bits per heavy atom. The number of piperidine rings is 1. The van der Waals surface area contributed by atoms with Gasteiger partial charge in [0.1, 0.15) is 0 Å². The summed E-state index contributed by atoms with van der Waals surface area (Å²) >= 11 is 1.34. The van der Waals surface area contributed by atoms with E-state index in [0.717, 1.165) is 30.9 Å². The molecule has 6 rings (SSSR count). The first-order chi connectivity index (χ1) is 15.7. The second kappa shape index (κ2) is 7.79. The van der Waals surface area contributed by atoms with Crippen LogP contribution < -0.4 is 19.7 Å². The molecule has 2 atom stereocenters. The van der Waals surface area contributed by atoms with Crippen LogP contribution in [0.15, 0.2) is 41.6 Å². The van der Waals surface area contributed by atoms with Gasteiger partial charge in [-0.05, 0) is 54.1 Å². The molecule has 1 amide bonds. The van der Waals surface area contributed by atoms with E-state index in [1.165, 1.54) is 22.9 Å². The molecule has 32 heavy (non-hydrogen) atoms. The van der Waals surface area contributed by atoms with E-state index in [2.05, 4.69) is 46.0 Å². The Hall–Kier alpha value is -3.11. The molecule has 3 aliphatic heterocycles. The highest BCUT2D eigenvalue weighted by molar-refractivity contribution is 7.99. The number of thioether (sulfide) groups is 1. The molecule has 10 heteroatoms. The largest absolute Gasteiger partial charge is 0.454 e. The molecule has 1 saturated heterocycles. The number of aryl methyl sites for hydroxylation is 1. The van der Waals surface area contributed by atoms with Gasteiger partial charge in [-0.3, -0.25) is 4.79 Å². The van der Waals surface area contributed by atoms with Gasteiger partial charge in [0.2, 0.25) is 17.9 Å². The lowest BCUT2D eigenvalue weighted by Crippen LogP contribution is -2.47. The van der Waals surface area contributed by atoms with Crippen molar-refractivity contribution >= 4 is 23.4 Å². The summed E-state index contributed by atoms with van der Waals surface area (Å²) in [5.74, 6) is 2.03. The quantitative estimate of drug-likeness (QED) is 0.605. The molecule has 2 aromatic carbocycles. The van der Waals surface area contributed by atoms with E-state index in [4.69, 9.17) is 9.47 Å². The minimum Gasteiger partial charge on any atom is -0.454 e. The molecule has 0 aliphatic carbocycles. The lowest BCUT2D eigenvalue weighted by atomic mass is 9.89. The van der Waals surface area contributed by atoms with Gasteiger partial charge in [-0.2, -0.15) is 4.68 Å². The highest BCUT2D eigenvalue weighted by Gasteiger charge is 2.42. The molecule has 0 spiro atoms. The van der Waals surface area contributed by atoms with E-state index in [1.807, 2.05) is 23.1 Å². The third kappa shape index (κ3) is 3.21. The van der Waals surface area contributed by atoms with E-state index in [1.54, 1.807) is 4.68 Å². The molecular weight excluding hydrogens is 428 g/mol. The summed E-state index contributed by atoms with van der Waals surface area (Å²) in [6.07, 6.45) is 0.948. The maximum Gasteiger partial charge on any atom is 0.237 e.